The van der Waals surface area contributed by atoms with E-state index >= 15 is 0 Å². The van der Waals surface area contributed by atoms with Crippen LogP contribution in [0.1, 0.15) is 34.7 Å². The average molecular weight is 453 g/mol. The van der Waals surface area contributed by atoms with Crippen molar-refractivity contribution in [1.82, 2.24) is 0 Å². The Morgan fingerprint density at radius 2 is 1.06 bits per heavy atom. The van der Waals surface area contributed by atoms with Gasteiger partial charge < -0.3 is 0 Å². The van der Waals surface area contributed by atoms with Crippen molar-refractivity contribution in [2.24, 2.45) is 9.98 Å². The lowest BCUT2D eigenvalue weighted by atomic mass is 9.94. The third-order valence-corrected chi connectivity index (χ3v) is 5.47. The number of isocyanates is 2. The van der Waals surface area contributed by atoms with Crippen molar-refractivity contribution in [2.45, 2.75) is 39.0 Å². The van der Waals surface area contributed by atoms with Crippen LogP contribution in [-0.4, -0.2) is 23.7 Å². The Bertz CT molecular complexity index is 1260. The molecule has 0 aliphatic rings. The quantitative estimate of drug-likeness (QED) is 0.306. The van der Waals surface area contributed by atoms with E-state index in [1.54, 1.807) is 48.5 Å². The number of hydrogen-bond donors (Lipinski definition) is 0. The van der Waals surface area contributed by atoms with Crippen molar-refractivity contribution in [3.05, 3.63) is 94.5 Å². The maximum Gasteiger partial charge on any atom is 0.240 e. The van der Waals surface area contributed by atoms with E-state index in [9.17, 15) is 19.2 Å². The first-order valence-electron chi connectivity index (χ1n) is 11.0. The number of benzene rings is 3. The maximum atomic E-state index is 12.6. The Balaban J connectivity index is 1.60. The molecule has 3 rings (SSSR count). The zero-order valence-corrected chi connectivity index (χ0v) is 18.9. The number of carbonyl (C=O) groups excluding carboxylic acids is 4. The predicted octanol–water partition coefficient (Wildman–Crippen LogP) is 4.89. The van der Waals surface area contributed by atoms with Gasteiger partial charge in [-0.2, -0.15) is 9.98 Å². The Morgan fingerprint density at radius 1 is 0.618 bits per heavy atom. The van der Waals surface area contributed by atoms with Gasteiger partial charge in [-0.15, -0.1) is 0 Å². The second-order valence-corrected chi connectivity index (χ2v) is 7.98. The zero-order valence-electron chi connectivity index (χ0n) is 18.9. The number of ketones is 2. The summed E-state index contributed by atoms with van der Waals surface area (Å²) in [5.41, 5.74) is 5.69. The largest absolute Gasteiger partial charge is 0.299 e. The predicted molar refractivity (Wildman–Crippen MR) is 129 cm³/mol. The minimum absolute atomic E-state index is 0.0832. The van der Waals surface area contributed by atoms with E-state index in [0.29, 0.717) is 37.1 Å². The van der Waals surface area contributed by atoms with Crippen molar-refractivity contribution in [3.63, 3.8) is 0 Å². The molecule has 0 aliphatic carbocycles. The lowest BCUT2D eigenvalue weighted by Gasteiger charge is -2.11. The van der Waals surface area contributed by atoms with E-state index in [2.05, 4.69) is 9.98 Å². The van der Waals surface area contributed by atoms with Crippen LogP contribution in [0.15, 0.2) is 76.7 Å². The van der Waals surface area contributed by atoms with Crippen LogP contribution >= 0.6 is 0 Å². The number of carbonyl (C=O) groups is 2. The van der Waals surface area contributed by atoms with E-state index in [1.165, 1.54) is 12.2 Å². The molecular weight excluding hydrogens is 428 g/mol. The molecule has 3 aromatic rings. The molecule has 0 unspecified atom stereocenters. The summed E-state index contributed by atoms with van der Waals surface area (Å²) in [5, 5.41) is 0. The fourth-order valence-corrected chi connectivity index (χ4v) is 3.79. The molecule has 170 valence electrons. The first-order valence-corrected chi connectivity index (χ1v) is 11.0. The average Bonchev–Trinajstić information content (AvgIpc) is 2.83. The smallest absolute Gasteiger partial charge is 0.240 e. The number of aliphatic imine (C=N–C) groups is 2. The van der Waals surface area contributed by atoms with Crippen molar-refractivity contribution in [2.75, 3.05) is 0 Å². The highest BCUT2D eigenvalue weighted by molar-refractivity contribution is 5.84. The first-order chi connectivity index (χ1) is 16.5. The number of nitrogens with zero attached hydrogens (tertiary/aromatic N) is 2. The van der Waals surface area contributed by atoms with Gasteiger partial charge in [0.2, 0.25) is 12.2 Å². The third-order valence-electron chi connectivity index (χ3n) is 5.47. The van der Waals surface area contributed by atoms with Gasteiger partial charge in [-0.1, -0.05) is 49.4 Å². The van der Waals surface area contributed by atoms with E-state index in [4.69, 9.17) is 0 Å². The Kier molecular flexibility index (Phi) is 8.70. The molecule has 6 nitrogen and oxygen atoms in total. The molecule has 0 radical (unpaired) electrons. The number of hydrogen-bond acceptors (Lipinski definition) is 6. The number of rotatable bonds is 11. The standard InChI is InChI=1S/C28H24N2O4/c1-2-23-13-22(16-27(33)14-20-4-9-25(10-5-20)29-18-31)3-8-24(23)17-28(34)15-21-6-11-26(12-7-21)30-19-32/h3-13H,2,14-17H2,1H3. The lowest BCUT2D eigenvalue weighted by molar-refractivity contribution is -0.118. The summed E-state index contributed by atoms with van der Waals surface area (Å²) in [6.07, 6.45) is 4.98. The van der Waals surface area contributed by atoms with Gasteiger partial charge in [0.05, 0.1) is 11.4 Å². The molecule has 0 saturated heterocycles. The van der Waals surface area contributed by atoms with E-state index in [0.717, 1.165) is 34.2 Å². The molecule has 0 atom stereocenters. The Morgan fingerprint density at radius 3 is 1.53 bits per heavy atom. The van der Waals surface area contributed by atoms with Gasteiger partial charge in [-0.25, -0.2) is 9.59 Å². The maximum absolute atomic E-state index is 12.6. The molecule has 6 heteroatoms. The molecule has 0 spiro atoms. The molecular formula is C28H24N2O4. The van der Waals surface area contributed by atoms with Crippen LogP contribution in [-0.2, 0) is 51.3 Å². The van der Waals surface area contributed by atoms with Gasteiger partial charge in [0.15, 0.2) is 0 Å². The summed E-state index contributed by atoms with van der Waals surface area (Å²) in [6.45, 7) is 2.03. The zero-order chi connectivity index (χ0) is 24.3. The summed E-state index contributed by atoms with van der Waals surface area (Å²) in [6, 6.07) is 19.7. The highest BCUT2D eigenvalue weighted by Crippen LogP contribution is 2.18. The second-order valence-electron chi connectivity index (χ2n) is 7.98. The molecule has 0 aliphatic heterocycles. The molecule has 34 heavy (non-hydrogen) atoms. The summed E-state index contributed by atoms with van der Waals surface area (Å²) in [4.78, 5) is 52.9. The number of aryl methyl sites for hydroxylation is 1. The van der Waals surface area contributed by atoms with Crippen LogP contribution < -0.4 is 0 Å². The van der Waals surface area contributed by atoms with Crippen LogP contribution in [0.5, 0.6) is 0 Å². The van der Waals surface area contributed by atoms with Gasteiger partial charge >= 0.3 is 0 Å². The van der Waals surface area contributed by atoms with E-state index in [1.807, 2.05) is 25.1 Å². The van der Waals surface area contributed by atoms with Crippen LogP contribution in [0.4, 0.5) is 11.4 Å². The van der Waals surface area contributed by atoms with Crippen molar-refractivity contribution in [1.29, 1.82) is 0 Å². The monoisotopic (exact) mass is 452 g/mol. The summed E-state index contributed by atoms with van der Waals surface area (Å²) >= 11 is 0. The molecule has 0 bridgehead atoms. The van der Waals surface area contributed by atoms with Crippen molar-refractivity contribution in [3.8, 4) is 0 Å². The molecule has 0 saturated carbocycles. The highest BCUT2D eigenvalue weighted by Gasteiger charge is 2.12. The van der Waals surface area contributed by atoms with Crippen molar-refractivity contribution >= 4 is 35.1 Å². The summed E-state index contributed by atoms with van der Waals surface area (Å²) in [7, 11) is 0. The van der Waals surface area contributed by atoms with Crippen molar-refractivity contribution < 1.29 is 19.2 Å². The SMILES string of the molecule is CCc1cc(CC(=O)Cc2ccc(N=C=O)cc2)ccc1CC(=O)Cc1ccc(N=C=O)cc1. The second kappa shape index (κ2) is 12.1. The molecule has 0 fully saturated rings. The minimum Gasteiger partial charge on any atom is -0.299 e. The fourth-order valence-electron chi connectivity index (χ4n) is 3.79. The minimum atomic E-state index is 0.0832. The molecule has 0 heterocycles. The van der Waals surface area contributed by atoms with Gasteiger partial charge in [-0.3, -0.25) is 9.59 Å². The normalized spacial score (nSPS) is 10.1. The molecule has 3 aromatic carbocycles. The van der Waals surface area contributed by atoms with Crippen LogP contribution in [0.2, 0.25) is 0 Å². The molecule has 0 aromatic heterocycles. The summed E-state index contributed by atoms with van der Waals surface area (Å²) < 4.78 is 0. The first kappa shape index (κ1) is 24.4. The van der Waals surface area contributed by atoms with Gasteiger partial charge in [-0.05, 0) is 58.5 Å². The van der Waals surface area contributed by atoms with Crippen LogP contribution in [0.25, 0.3) is 0 Å². The lowest BCUT2D eigenvalue weighted by Crippen LogP contribution is -2.10. The highest BCUT2D eigenvalue weighted by atomic mass is 16.1. The molecule has 0 amide bonds. The van der Waals surface area contributed by atoms with Gasteiger partial charge in [0.25, 0.3) is 0 Å². The van der Waals surface area contributed by atoms with Gasteiger partial charge in [0.1, 0.15) is 11.6 Å². The summed E-state index contributed by atoms with van der Waals surface area (Å²) in [5.74, 6) is 0.174. The topological polar surface area (TPSA) is 93.0 Å². The molecule has 0 N–H and O–H groups in total. The van der Waals surface area contributed by atoms with Crippen LogP contribution in [0, 0.1) is 0 Å². The fraction of sp³-hybridized carbons (Fsp3) is 0.214. The van der Waals surface area contributed by atoms with E-state index in [-0.39, 0.29) is 11.6 Å². The Hall–Kier alpha value is -4.24. The third kappa shape index (κ3) is 7.14. The number of Topliss-reactive ketones (excluding diaryl/α,β-unsaturated/α-hetero) is 2. The Labute approximate surface area is 198 Å². The van der Waals surface area contributed by atoms with Gasteiger partial charge in [0, 0.05) is 25.7 Å². The van der Waals surface area contributed by atoms with Crippen LogP contribution in [0.3, 0.4) is 0 Å². The van der Waals surface area contributed by atoms with E-state index < -0.39 is 0 Å².